The fourth-order valence-electron chi connectivity index (χ4n) is 2.42. The van der Waals surface area contributed by atoms with Crippen LogP contribution < -0.4 is 5.73 Å². The van der Waals surface area contributed by atoms with Gasteiger partial charge in [-0.05, 0) is 54.5 Å². The lowest BCUT2D eigenvalue weighted by Gasteiger charge is -2.05. The Balaban J connectivity index is 1.82. The van der Waals surface area contributed by atoms with E-state index in [1.165, 1.54) is 42.4 Å². The van der Waals surface area contributed by atoms with Crippen LogP contribution >= 0.6 is 0 Å². The number of benzene rings is 2. The molecule has 0 aromatic heterocycles. The third-order valence-electron chi connectivity index (χ3n) is 3.77. The second kappa shape index (κ2) is 7.74. The van der Waals surface area contributed by atoms with E-state index >= 15 is 0 Å². The average Bonchev–Trinajstić information content (AvgIpc) is 2.48. The van der Waals surface area contributed by atoms with Gasteiger partial charge in [0.25, 0.3) is 0 Å². The maximum Gasteiger partial charge on any atom is 0.0314 e. The van der Waals surface area contributed by atoms with E-state index in [0.717, 1.165) is 18.5 Å². The molecular weight excluding hydrogens is 242 g/mol. The van der Waals surface area contributed by atoms with E-state index < -0.39 is 0 Å². The molecule has 2 aromatic rings. The number of unbranched alkanes of at least 4 members (excludes halogenated alkanes) is 2. The van der Waals surface area contributed by atoms with Crippen molar-refractivity contribution in [3.63, 3.8) is 0 Å². The molecule has 0 saturated heterocycles. The Hall–Kier alpha value is -1.76. The fourth-order valence-corrected chi connectivity index (χ4v) is 2.42. The van der Waals surface area contributed by atoms with Crippen molar-refractivity contribution in [2.75, 3.05) is 5.73 Å². The lowest BCUT2D eigenvalue weighted by atomic mass is 10.0. The van der Waals surface area contributed by atoms with Gasteiger partial charge in [0.15, 0.2) is 0 Å². The third-order valence-corrected chi connectivity index (χ3v) is 3.77. The van der Waals surface area contributed by atoms with Crippen LogP contribution in [0.2, 0.25) is 0 Å². The smallest absolute Gasteiger partial charge is 0.0314 e. The Labute approximate surface area is 122 Å². The van der Waals surface area contributed by atoms with Crippen LogP contribution in [0.15, 0.2) is 48.5 Å². The molecule has 0 saturated carbocycles. The maximum atomic E-state index is 5.70. The van der Waals surface area contributed by atoms with Crippen LogP contribution in [0.25, 0.3) is 0 Å². The Morgan fingerprint density at radius 1 is 0.650 bits per heavy atom. The number of rotatable bonds is 7. The van der Waals surface area contributed by atoms with Gasteiger partial charge in [0.05, 0.1) is 0 Å². The van der Waals surface area contributed by atoms with Crippen LogP contribution in [-0.4, -0.2) is 0 Å². The second-order valence-corrected chi connectivity index (χ2v) is 5.52. The highest BCUT2D eigenvalue weighted by Crippen LogP contribution is 2.12. The van der Waals surface area contributed by atoms with Gasteiger partial charge in [0.2, 0.25) is 0 Å². The van der Waals surface area contributed by atoms with Gasteiger partial charge >= 0.3 is 0 Å². The Morgan fingerprint density at radius 3 is 1.60 bits per heavy atom. The first-order valence-corrected chi connectivity index (χ1v) is 7.70. The molecule has 1 nitrogen and oxygen atoms in total. The van der Waals surface area contributed by atoms with Crippen molar-refractivity contribution in [3.05, 3.63) is 65.2 Å². The van der Waals surface area contributed by atoms with Gasteiger partial charge in [0.1, 0.15) is 0 Å². The van der Waals surface area contributed by atoms with Gasteiger partial charge in [-0.25, -0.2) is 0 Å². The van der Waals surface area contributed by atoms with Gasteiger partial charge in [-0.3, -0.25) is 0 Å². The number of anilines is 1. The maximum absolute atomic E-state index is 5.70. The quantitative estimate of drug-likeness (QED) is 0.566. The average molecular weight is 267 g/mol. The molecule has 0 atom stereocenters. The molecule has 20 heavy (non-hydrogen) atoms. The highest BCUT2D eigenvalue weighted by atomic mass is 14.5. The van der Waals surface area contributed by atoms with Crippen molar-refractivity contribution in [2.45, 2.75) is 45.4 Å². The van der Waals surface area contributed by atoms with Crippen molar-refractivity contribution in [3.8, 4) is 0 Å². The molecule has 0 fully saturated rings. The summed E-state index contributed by atoms with van der Waals surface area (Å²) in [5, 5.41) is 0. The first kappa shape index (κ1) is 14.6. The van der Waals surface area contributed by atoms with Gasteiger partial charge < -0.3 is 5.73 Å². The molecule has 2 rings (SSSR count). The van der Waals surface area contributed by atoms with E-state index in [2.05, 4.69) is 43.3 Å². The molecule has 0 aliphatic rings. The normalized spacial score (nSPS) is 10.7. The van der Waals surface area contributed by atoms with Gasteiger partial charge in [-0.1, -0.05) is 56.2 Å². The Morgan fingerprint density at radius 2 is 1.10 bits per heavy atom. The molecular formula is C19H25N. The topological polar surface area (TPSA) is 26.0 Å². The molecule has 0 unspecified atom stereocenters. The predicted octanol–water partition coefficient (Wildman–Crippen LogP) is 4.79. The minimum atomic E-state index is 0.838. The number of nitrogen functional groups attached to an aromatic ring is 1. The summed E-state index contributed by atoms with van der Waals surface area (Å²) in [4.78, 5) is 0. The summed E-state index contributed by atoms with van der Waals surface area (Å²) in [6.45, 7) is 2.25. The summed E-state index contributed by atoms with van der Waals surface area (Å²) in [6.07, 6.45) is 7.32. The first-order valence-electron chi connectivity index (χ1n) is 7.70. The van der Waals surface area contributed by atoms with Crippen LogP contribution in [0.4, 0.5) is 5.69 Å². The molecule has 2 N–H and O–H groups in total. The zero-order valence-corrected chi connectivity index (χ0v) is 12.4. The molecule has 2 aromatic carbocycles. The van der Waals surface area contributed by atoms with Crippen LogP contribution in [0.1, 0.15) is 42.9 Å². The van der Waals surface area contributed by atoms with Crippen molar-refractivity contribution in [1.29, 1.82) is 0 Å². The Bertz CT molecular complexity index is 496. The highest BCUT2D eigenvalue weighted by molar-refractivity contribution is 5.39. The van der Waals surface area contributed by atoms with E-state index in [1.54, 1.807) is 0 Å². The van der Waals surface area contributed by atoms with Gasteiger partial charge in [-0.2, -0.15) is 0 Å². The molecule has 0 heterocycles. The fraction of sp³-hybridized carbons (Fsp3) is 0.368. The van der Waals surface area contributed by atoms with Gasteiger partial charge in [-0.15, -0.1) is 0 Å². The van der Waals surface area contributed by atoms with E-state index in [1.807, 2.05) is 12.1 Å². The molecule has 0 spiro atoms. The summed E-state index contributed by atoms with van der Waals surface area (Å²) >= 11 is 0. The number of nitrogens with two attached hydrogens (primary N) is 1. The molecule has 0 amide bonds. The molecule has 106 valence electrons. The zero-order valence-electron chi connectivity index (χ0n) is 12.4. The third kappa shape index (κ3) is 4.73. The number of hydrogen-bond donors (Lipinski definition) is 1. The number of aryl methyl sites for hydroxylation is 3. The van der Waals surface area contributed by atoms with Crippen molar-refractivity contribution in [1.82, 2.24) is 0 Å². The minimum Gasteiger partial charge on any atom is -0.399 e. The molecule has 0 radical (unpaired) electrons. The van der Waals surface area contributed by atoms with Crippen LogP contribution in [0.5, 0.6) is 0 Å². The summed E-state index contributed by atoms with van der Waals surface area (Å²) in [5.41, 5.74) is 10.8. The lowest BCUT2D eigenvalue weighted by molar-refractivity contribution is 0.717. The Kier molecular flexibility index (Phi) is 5.67. The largest absolute Gasteiger partial charge is 0.399 e. The minimum absolute atomic E-state index is 0.838. The van der Waals surface area contributed by atoms with Crippen LogP contribution in [0, 0.1) is 0 Å². The first-order chi connectivity index (χ1) is 9.78. The highest BCUT2D eigenvalue weighted by Gasteiger charge is 1.98. The van der Waals surface area contributed by atoms with Crippen LogP contribution in [-0.2, 0) is 19.3 Å². The van der Waals surface area contributed by atoms with Crippen LogP contribution in [0.3, 0.4) is 0 Å². The van der Waals surface area contributed by atoms with E-state index in [4.69, 9.17) is 5.73 Å². The molecule has 0 aliphatic carbocycles. The summed E-state index contributed by atoms with van der Waals surface area (Å²) < 4.78 is 0. The number of hydrogen-bond acceptors (Lipinski definition) is 1. The predicted molar refractivity (Wildman–Crippen MR) is 87.9 cm³/mol. The summed E-state index contributed by atoms with van der Waals surface area (Å²) in [6, 6.07) is 17.3. The van der Waals surface area contributed by atoms with E-state index in [9.17, 15) is 0 Å². The molecule has 0 aliphatic heterocycles. The van der Waals surface area contributed by atoms with Crippen molar-refractivity contribution < 1.29 is 0 Å². The summed E-state index contributed by atoms with van der Waals surface area (Å²) in [7, 11) is 0. The van der Waals surface area contributed by atoms with E-state index in [-0.39, 0.29) is 0 Å². The monoisotopic (exact) mass is 267 g/mol. The summed E-state index contributed by atoms with van der Waals surface area (Å²) in [5.74, 6) is 0. The van der Waals surface area contributed by atoms with Gasteiger partial charge in [0, 0.05) is 5.69 Å². The molecule has 0 bridgehead atoms. The van der Waals surface area contributed by atoms with Crippen molar-refractivity contribution in [2.24, 2.45) is 0 Å². The lowest BCUT2D eigenvalue weighted by Crippen LogP contribution is -1.93. The second-order valence-electron chi connectivity index (χ2n) is 5.52. The standard InChI is InChI=1S/C19H25N/c1-2-3-4-5-16-6-8-17(9-7-16)10-11-18-12-14-19(20)15-13-18/h6-9,12-15H,2-5,10-11,20H2,1H3. The van der Waals surface area contributed by atoms with Crippen molar-refractivity contribution >= 4 is 5.69 Å². The zero-order chi connectivity index (χ0) is 14.2. The van der Waals surface area contributed by atoms with E-state index in [0.29, 0.717) is 0 Å². The molecule has 1 heteroatoms. The SMILES string of the molecule is CCCCCc1ccc(CCc2ccc(N)cc2)cc1.